The highest BCUT2D eigenvalue weighted by molar-refractivity contribution is 7.89. The minimum Gasteiger partial charge on any atom is -0.308 e. The standard InChI is InChI=1S/C23H22F4N2O3S/c1-28(2)7-8-33(31,32)29-13-17(9-15-3-5-19(24)21(26)11-15)23(30)18(14-29)10-16-4-6-20(25)22(27)12-16/h3-6,9-12H,7-8,13-14H2,1-2H3. The molecule has 10 heteroatoms. The van der Waals surface area contributed by atoms with E-state index in [2.05, 4.69) is 0 Å². The van der Waals surface area contributed by atoms with E-state index in [9.17, 15) is 30.8 Å². The molecule has 176 valence electrons. The molecule has 0 aliphatic carbocycles. The van der Waals surface area contributed by atoms with Gasteiger partial charge < -0.3 is 4.90 Å². The van der Waals surface area contributed by atoms with Crippen LogP contribution in [0.5, 0.6) is 0 Å². The summed E-state index contributed by atoms with van der Waals surface area (Å²) in [6.45, 7) is -0.275. The van der Waals surface area contributed by atoms with Gasteiger partial charge in [-0.3, -0.25) is 4.79 Å². The van der Waals surface area contributed by atoms with Gasteiger partial charge >= 0.3 is 0 Å². The molecule has 1 saturated heterocycles. The lowest BCUT2D eigenvalue weighted by molar-refractivity contribution is -0.113. The van der Waals surface area contributed by atoms with Crippen LogP contribution in [-0.2, 0) is 14.8 Å². The summed E-state index contributed by atoms with van der Waals surface area (Å²) in [5.74, 6) is -5.06. The Morgan fingerprint density at radius 2 is 1.30 bits per heavy atom. The summed E-state index contributed by atoms with van der Waals surface area (Å²) in [5, 5.41) is 0. The molecule has 0 aromatic heterocycles. The van der Waals surface area contributed by atoms with Gasteiger partial charge in [0.2, 0.25) is 10.0 Å². The molecule has 5 nitrogen and oxygen atoms in total. The molecule has 2 aromatic carbocycles. The number of piperidine rings is 1. The maximum absolute atomic E-state index is 13.6. The highest BCUT2D eigenvalue weighted by Crippen LogP contribution is 2.25. The van der Waals surface area contributed by atoms with Crippen LogP contribution in [0.25, 0.3) is 12.2 Å². The minimum absolute atomic E-state index is 0.0366. The number of hydrogen-bond acceptors (Lipinski definition) is 4. The first-order valence-corrected chi connectivity index (χ1v) is 11.6. The summed E-state index contributed by atoms with van der Waals surface area (Å²) in [6.07, 6.45) is 2.58. The van der Waals surface area contributed by atoms with Crippen molar-refractivity contribution in [1.29, 1.82) is 0 Å². The molecule has 2 aromatic rings. The largest absolute Gasteiger partial charge is 0.308 e. The van der Waals surface area contributed by atoms with Crippen molar-refractivity contribution in [2.24, 2.45) is 0 Å². The smallest absolute Gasteiger partial charge is 0.215 e. The second-order valence-electron chi connectivity index (χ2n) is 7.90. The fraction of sp³-hybridized carbons (Fsp3) is 0.261. The predicted molar refractivity (Wildman–Crippen MR) is 118 cm³/mol. The zero-order valence-electron chi connectivity index (χ0n) is 18.0. The Balaban J connectivity index is 2.04. The topological polar surface area (TPSA) is 57.7 Å². The van der Waals surface area contributed by atoms with Crippen molar-refractivity contribution in [2.75, 3.05) is 39.5 Å². The van der Waals surface area contributed by atoms with Gasteiger partial charge in [0.15, 0.2) is 29.1 Å². The Morgan fingerprint density at radius 3 is 1.70 bits per heavy atom. The van der Waals surface area contributed by atoms with Crippen LogP contribution >= 0.6 is 0 Å². The first-order chi connectivity index (χ1) is 15.5. The Hall–Kier alpha value is -2.82. The average Bonchev–Trinajstić information content (AvgIpc) is 2.74. The van der Waals surface area contributed by atoms with Crippen molar-refractivity contribution in [3.8, 4) is 0 Å². The summed E-state index contributed by atoms with van der Waals surface area (Å²) in [6, 6.07) is 6.12. The lowest BCUT2D eigenvalue weighted by Crippen LogP contribution is -2.43. The molecule has 0 amide bonds. The van der Waals surface area contributed by atoms with Gasteiger partial charge in [-0.1, -0.05) is 12.1 Å². The number of benzene rings is 2. The van der Waals surface area contributed by atoms with Crippen LogP contribution in [0.1, 0.15) is 11.1 Å². The van der Waals surface area contributed by atoms with Crippen LogP contribution in [-0.4, -0.2) is 62.9 Å². The van der Waals surface area contributed by atoms with Gasteiger partial charge in [0.25, 0.3) is 0 Å². The third kappa shape index (κ3) is 6.16. The fourth-order valence-corrected chi connectivity index (χ4v) is 4.76. The number of carbonyl (C=O) groups excluding carboxylic acids is 1. The van der Waals surface area contributed by atoms with Crippen LogP contribution in [0.2, 0.25) is 0 Å². The number of nitrogens with zero attached hydrogens (tertiary/aromatic N) is 2. The number of ketones is 1. The van der Waals surface area contributed by atoms with Crippen molar-refractivity contribution in [2.45, 2.75) is 0 Å². The molecule has 0 radical (unpaired) electrons. The van der Waals surface area contributed by atoms with Gasteiger partial charge in [0.05, 0.1) is 5.75 Å². The van der Waals surface area contributed by atoms with Crippen molar-refractivity contribution in [3.05, 3.63) is 81.9 Å². The van der Waals surface area contributed by atoms with Gasteiger partial charge in [-0.15, -0.1) is 0 Å². The molecule has 1 aliphatic heterocycles. The van der Waals surface area contributed by atoms with E-state index in [1.54, 1.807) is 19.0 Å². The molecule has 1 heterocycles. The number of halogens is 4. The first kappa shape index (κ1) is 24.8. The number of Topliss-reactive ketones (excluding diaryl/α,β-unsaturated/α-hetero) is 1. The Morgan fingerprint density at radius 1 is 0.848 bits per heavy atom. The maximum atomic E-state index is 13.6. The number of sulfonamides is 1. The van der Waals surface area contributed by atoms with Crippen LogP contribution in [0.15, 0.2) is 47.5 Å². The second-order valence-corrected chi connectivity index (χ2v) is 9.99. The highest BCUT2D eigenvalue weighted by atomic mass is 32.2. The molecule has 1 aliphatic rings. The Kier molecular flexibility index (Phi) is 7.51. The average molecular weight is 482 g/mol. The molecule has 3 rings (SSSR count). The third-order valence-corrected chi connectivity index (χ3v) is 6.78. The Bertz CT molecular complexity index is 1170. The quantitative estimate of drug-likeness (QED) is 0.467. The molecule has 1 fully saturated rings. The molecule has 33 heavy (non-hydrogen) atoms. The molecular formula is C23H22F4N2O3S. The Labute approximate surface area is 189 Å². The van der Waals surface area contributed by atoms with Gasteiger partial charge in [-0.25, -0.2) is 26.0 Å². The zero-order valence-corrected chi connectivity index (χ0v) is 18.8. The predicted octanol–water partition coefficient (Wildman–Crippen LogP) is 3.49. The van der Waals surface area contributed by atoms with Crippen LogP contribution in [0, 0.1) is 23.3 Å². The lowest BCUT2D eigenvalue weighted by atomic mass is 9.95. The normalized spacial score (nSPS) is 18.0. The zero-order chi connectivity index (χ0) is 24.3. The molecule has 0 N–H and O–H groups in total. The van der Waals surface area contributed by atoms with Crippen LogP contribution in [0.3, 0.4) is 0 Å². The number of hydrogen-bond donors (Lipinski definition) is 0. The first-order valence-electron chi connectivity index (χ1n) is 9.95. The maximum Gasteiger partial charge on any atom is 0.215 e. The number of rotatable bonds is 6. The van der Waals surface area contributed by atoms with Crippen molar-refractivity contribution in [3.63, 3.8) is 0 Å². The monoisotopic (exact) mass is 482 g/mol. The van der Waals surface area contributed by atoms with E-state index in [0.29, 0.717) is 0 Å². The molecule has 0 saturated carbocycles. The summed E-state index contributed by atoms with van der Waals surface area (Å²) < 4.78 is 80.7. The SMILES string of the molecule is CN(C)CCS(=O)(=O)N1CC(=Cc2ccc(F)c(F)c2)C(=O)C(=Cc2ccc(F)c(F)c2)C1. The van der Waals surface area contributed by atoms with Gasteiger partial charge in [-0.05, 0) is 61.6 Å². The fourth-order valence-electron chi connectivity index (χ4n) is 3.24. The molecule has 0 bridgehead atoms. The molecule has 0 unspecified atom stereocenters. The molecule has 0 spiro atoms. The highest BCUT2D eigenvalue weighted by Gasteiger charge is 2.33. The van der Waals surface area contributed by atoms with Crippen molar-refractivity contribution < 1.29 is 30.8 Å². The summed E-state index contributed by atoms with van der Waals surface area (Å²) in [7, 11) is -0.352. The number of carbonyl (C=O) groups is 1. The van der Waals surface area contributed by atoms with E-state index >= 15 is 0 Å². The second kappa shape index (κ2) is 9.98. The van der Waals surface area contributed by atoms with E-state index in [0.717, 1.165) is 28.6 Å². The van der Waals surface area contributed by atoms with Crippen LogP contribution in [0.4, 0.5) is 17.6 Å². The summed E-state index contributed by atoms with van der Waals surface area (Å²) >= 11 is 0. The van der Waals surface area contributed by atoms with E-state index in [4.69, 9.17) is 0 Å². The van der Waals surface area contributed by atoms with Crippen molar-refractivity contribution >= 4 is 28.0 Å². The molecular weight excluding hydrogens is 460 g/mol. The lowest BCUT2D eigenvalue weighted by Gasteiger charge is -2.29. The van der Waals surface area contributed by atoms with Gasteiger partial charge in [0.1, 0.15) is 0 Å². The van der Waals surface area contributed by atoms with E-state index in [1.165, 1.54) is 24.3 Å². The minimum atomic E-state index is -3.79. The summed E-state index contributed by atoms with van der Waals surface area (Å²) in [5.41, 5.74) is 0.429. The van der Waals surface area contributed by atoms with E-state index in [1.807, 2.05) is 0 Å². The van der Waals surface area contributed by atoms with Gasteiger partial charge in [0, 0.05) is 30.8 Å². The third-order valence-electron chi connectivity index (χ3n) is 5.04. The van der Waals surface area contributed by atoms with Gasteiger partial charge in [-0.2, -0.15) is 4.31 Å². The van der Waals surface area contributed by atoms with Crippen LogP contribution < -0.4 is 0 Å². The summed E-state index contributed by atoms with van der Waals surface area (Å²) in [4.78, 5) is 14.8. The van der Waals surface area contributed by atoms with E-state index < -0.39 is 39.1 Å². The van der Waals surface area contributed by atoms with E-state index in [-0.39, 0.29) is 47.7 Å². The molecule has 0 atom stereocenters. The van der Waals surface area contributed by atoms with Crippen molar-refractivity contribution in [1.82, 2.24) is 9.21 Å².